The molecule has 0 aromatic carbocycles. The number of aromatic nitrogens is 2. The molecule has 0 unspecified atom stereocenters. The third-order valence-electron chi connectivity index (χ3n) is 2.20. The summed E-state index contributed by atoms with van der Waals surface area (Å²) in [4.78, 5) is 20.3. The molecule has 0 spiro atoms. The van der Waals surface area contributed by atoms with Crippen LogP contribution in [0.25, 0.3) is 0 Å². The van der Waals surface area contributed by atoms with Crippen molar-refractivity contribution in [2.45, 2.75) is 26.3 Å². The summed E-state index contributed by atoms with van der Waals surface area (Å²) in [6.45, 7) is 2.29. The number of aryl methyl sites for hydroxylation is 1. The number of alkyl halides is 2. The monoisotopic (exact) mass is 249 g/mol. The van der Waals surface area contributed by atoms with Gasteiger partial charge in [-0.15, -0.1) is 0 Å². The Balaban J connectivity index is 3.47. The molecule has 0 bridgehead atoms. The van der Waals surface area contributed by atoms with Crippen LogP contribution >= 0.6 is 0 Å². The zero-order valence-electron chi connectivity index (χ0n) is 8.92. The minimum atomic E-state index is -3.17. The van der Waals surface area contributed by atoms with E-state index in [-0.39, 0.29) is 5.69 Å². The second-order valence-electron chi connectivity index (χ2n) is 3.34. The molecule has 0 radical (unpaired) electrons. The highest BCUT2D eigenvalue weighted by Gasteiger charge is 2.34. The smallest absolute Gasteiger partial charge is 0.328 e. The van der Waals surface area contributed by atoms with Crippen LogP contribution in [0.15, 0.2) is 0 Å². The van der Waals surface area contributed by atoms with Crippen LogP contribution in [0.2, 0.25) is 0 Å². The van der Waals surface area contributed by atoms with Crippen LogP contribution in [0, 0.1) is 17.0 Å². The minimum absolute atomic E-state index is 0.238. The van der Waals surface area contributed by atoms with E-state index in [1.807, 2.05) is 0 Å². The van der Waals surface area contributed by atoms with Crippen LogP contribution in [0.3, 0.4) is 0 Å². The van der Waals surface area contributed by atoms with Crippen LogP contribution in [-0.4, -0.2) is 25.8 Å². The average Bonchev–Trinajstić information content (AvgIpc) is 2.54. The van der Waals surface area contributed by atoms with Crippen molar-refractivity contribution in [2.75, 3.05) is 0 Å². The molecule has 0 aliphatic rings. The van der Waals surface area contributed by atoms with E-state index in [0.29, 0.717) is 4.68 Å². The number of carbonyl (C=O) groups is 1. The molecule has 1 rings (SSSR count). The number of aliphatic carboxylic acids is 1. The fourth-order valence-electron chi connectivity index (χ4n) is 1.39. The Morgan fingerprint density at radius 3 is 2.47 bits per heavy atom. The van der Waals surface area contributed by atoms with Crippen LogP contribution in [0.1, 0.15) is 30.8 Å². The molecule has 0 saturated heterocycles. The Kier molecular flexibility index (Phi) is 3.39. The molecule has 0 fully saturated rings. The molecule has 1 heterocycles. The van der Waals surface area contributed by atoms with Gasteiger partial charge in [0.2, 0.25) is 0 Å². The van der Waals surface area contributed by atoms with Gasteiger partial charge in [0.05, 0.1) is 4.92 Å². The molecule has 17 heavy (non-hydrogen) atoms. The largest absolute Gasteiger partial charge is 0.480 e. The Hall–Kier alpha value is -2.06. The van der Waals surface area contributed by atoms with E-state index in [1.54, 1.807) is 0 Å². The predicted molar refractivity (Wildman–Crippen MR) is 50.9 cm³/mol. The summed E-state index contributed by atoms with van der Waals surface area (Å²) in [5, 5.41) is 22.8. The lowest BCUT2D eigenvalue weighted by Gasteiger charge is -2.09. The third kappa shape index (κ3) is 2.22. The molecule has 1 N–H and O–H groups in total. The quantitative estimate of drug-likeness (QED) is 0.646. The number of hydrogen-bond acceptors (Lipinski definition) is 4. The first kappa shape index (κ1) is 13.0. The van der Waals surface area contributed by atoms with Crippen molar-refractivity contribution >= 4 is 11.7 Å². The standard InChI is InChI=1S/C8H9F2N3O4/c1-3-5(13(16)17)6(7(9)10)12(11-3)4(2)8(14)15/h4,7H,1-2H3,(H,14,15)/t4-/m1/s1. The molecule has 0 amide bonds. The molecule has 7 nitrogen and oxygen atoms in total. The fourth-order valence-corrected chi connectivity index (χ4v) is 1.39. The number of nitro groups is 1. The average molecular weight is 249 g/mol. The van der Waals surface area contributed by atoms with Gasteiger partial charge in [0.1, 0.15) is 11.7 Å². The van der Waals surface area contributed by atoms with E-state index in [0.717, 1.165) is 6.92 Å². The molecule has 1 atom stereocenters. The first-order valence-corrected chi connectivity index (χ1v) is 4.51. The van der Waals surface area contributed by atoms with Crippen molar-refractivity contribution in [3.8, 4) is 0 Å². The number of carboxylic acid groups (broad SMARTS) is 1. The van der Waals surface area contributed by atoms with Gasteiger partial charge in [0, 0.05) is 0 Å². The number of nitrogens with zero attached hydrogens (tertiary/aromatic N) is 3. The highest BCUT2D eigenvalue weighted by Crippen LogP contribution is 2.33. The van der Waals surface area contributed by atoms with Crippen LogP contribution < -0.4 is 0 Å². The second-order valence-corrected chi connectivity index (χ2v) is 3.34. The van der Waals surface area contributed by atoms with Crippen molar-refractivity contribution in [1.82, 2.24) is 9.78 Å². The molecule has 0 aliphatic carbocycles. The van der Waals surface area contributed by atoms with Crippen molar-refractivity contribution in [3.63, 3.8) is 0 Å². The third-order valence-corrected chi connectivity index (χ3v) is 2.20. The molecule has 0 saturated carbocycles. The first-order valence-electron chi connectivity index (χ1n) is 4.51. The van der Waals surface area contributed by atoms with E-state index >= 15 is 0 Å². The summed E-state index contributed by atoms with van der Waals surface area (Å²) < 4.78 is 25.9. The van der Waals surface area contributed by atoms with E-state index < -0.39 is 34.7 Å². The van der Waals surface area contributed by atoms with Gasteiger partial charge >= 0.3 is 11.7 Å². The highest BCUT2D eigenvalue weighted by atomic mass is 19.3. The molecule has 94 valence electrons. The topological polar surface area (TPSA) is 98.3 Å². The molecular weight excluding hydrogens is 240 g/mol. The summed E-state index contributed by atoms with van der Waals surface area (Å²) in [6.07, 6.45) is -3.17. The summed E-state index contributed by atoms with van der Waals surface area (Å²) >= 11 is 0. The zero-order valence-corrected chi connectivity index (χ0v) is 8.92. The van der Waals surface area contributed by atoms with Crippen molar-refractivity contribution in [3.05, 3.63) is 21.5 Å². The fraction of sp³-hybridized carbons (Fsp3) is 0.500. The SMILES string of the molecule is Cc1nn([C@H](C)C(=O)O)c(C(F)F)c1[N+](=O)[O-]. The van der Waals surface area contributed by atoms with Gasteiger partial charge in [-0.2, -0.15) is 5.10 Å². The Labute approximate surface area is 93.8 Å². The van der Waals surface area contributed by atoms with Crippen LogP contribution in [-0.2, 0) is 4.79 Å². The summed E-state index contributed by atoms with van der Waals surface area (Å²) in [6, 6.07) is -1.40. The van der Waals surface area contributed by atoms with Crippen molar-refractivity contribution < 1.29 is 23.6 Å². The lowest BCUT2D eigenvalue weighted by Crippen LogP contribution is -2.19. The maximum atomic E-state index is 12.7. The summed E-state index contributed by atoms with van der Waals surface area (Å²) in [7, 11) is 0. The van der Waals surface area contributed by atoms with Crippen LogP contribution in [0.4, 0.5) is 14.5 Å². The van der Waals surface area contributed by atoms with Crippen molar-refractivity contribution in [1.29, 1.82) is 0 Å². The van der Waals surface area contributed by atoms with Gasteiger partial charge < -0.3 is 5.11 Å². The minimum Gasteiger partial charge on any atom is -0.480 e. The van der Waals surface area contributed by atoms with E-state index in [9.17, 15) is 23.7 Å². The molecular formula is C8H9F2N3O4. The Bertz CT molecular complexity index is 472. The molecule has 0 aliphatic heterocycles. The number of halogens is 2. The maximum Gasteiger partial charge on any atom is 0.328 e. The normalized spacial score (nSPS) is 12.8. The number of rotatable bonds is 4. The van der Waals surface area contributed by atoms with Crippen molar-refractivity contribution in [2.24, 2.45) is 0 Å². The molecule has 9 heteroatoms. The Morgan fingerprint density at radius 1 is 1.59 bits per heavy atom. The van der Waals surface area contributed by atoms with E-state index in [2.05, 4.69) is 5.10 Å². The van der Waals surface area contributed by atoms with Crippen LogP contribution in [0.5, 0.6) is 0 Å². The van der Waals surface area contributed by atoms with E-state index in [4.69, 9.17) is 5.11 Å². The lowest BCUT2D eigenvalue weighted by molar-refractivity contribution is -0.387. The zero-order chi connectivity index (χ0) is 13.3. The Morgan fingerprint density at radius 2 is 2.12 bits per heavy atom. The summed E-state index contributed by atoms with van der Waals surface area (Å²) in [5.74, 6) is -1.40. The molecule has 1 aromatic heterocycles. The number of hydrogen-bond donors (Lipinski definition) is 1. The molecule has 1 aromatic rings. The van der Waals surface area contributed by atoms with Gasteiger partial charge in [-0.25, -0.2) is 18.3 Å². The maximum absolute atomic E-state index is 12.7. The lowest BCUT2D eigenvalue weighted by atomic mass is 10.3. The van der Waals surface area contributed by atoms with Gasteiger partial charge in [-0.3, -0.25) is 10.1 Å². The number of carboxylic acids is 1. The van der Waals surface area contributed by atoms with Gasteiger partial charge in [-0.05, 0) is 13.8 Å². The van der Waals surface area contributed by atoms with Gasteiger partial charge in [0.25, 0.3) is 6.43 Å². The van der Waals surface area contributed by atoms with Gasteiger partial charge in [0.15, 0.2) is 5.69 Å². The van der Waals surface area contributed by atoms with Gasteiger partial charge in [-0.1, -0.05) is 0 Å². The summed E-state index contributed by atoms with van der Waals surface area (Å²) in [5.41, 5.74) is -2.06. The second kappa shape index (κ2) is 4.44. The van der Waals surface area contributed by atoms with E-state index in [1.165, 1.54) is 6.92 Å². The highest BCUT2D eigenvalue weighted by molar-refractivity contribution is 5.71. The predicted octanol–water partition coefficient (Wildman–Crippen LogP) is 1.68. The first-order chi connectivity index (χ1) is 7.77.